The van der Waals surface area contributed by atoms with E-state index < -0.39 is 0 Å². The van der Waals surface area contributed by atoms with Crippen molar-refractivity contribution in [2.75, 3.05) is 6.61 Å². The molecule has 1 aromatic rings. The third-order valence-corrected chi connectivity index (χ3v) is 2.52. The predicted octanol–water partition coefficient (Wildman–Crippen LogP) is 4.24. The monoisotopic (exact) mass is 258 g/mol. The molecule has 0 aliphatic carbocycles. The van der Waals surface area contributed by atoms with Crippen molar-refractivity contribution in [3.63, 3.8) is 0 Å². The molecule has 0 spiro atoms. The van der Waals surface area contributed by atoms with Gasteiger partial charge in [0.1, 0.15) is 5.75 Å². The van der Waals surface area contributed by atoms with Crippen LogP contribution in [0, 0.1) is 5.92 Å². The summed E-state index contributed by atoms with van der Waals surface area (Å²) in [5, 5.41) is 17.8. The second-order valence-electron chi connectivity index (χ2n) is 4.44. The Bertz CT molecular complexity index is 249. The molecule has 98 valence electrons. The van der Waals surface area contributed by atoms with E-state index in [9.17, 15) is 0 Å². The van der Waals surface area contributed by atoms with E-state index in [0.29, 0.717) is 11.6 Å². The molecule has 2 N–H and O–H groups in total. The van der Waals surface area contributed by atoms with Crippen LogP contribution in [0.2, 0.25) is 5.02 Å². The Kier molecular flexibility index (Phi) is 9.98. The average Bonchev–Trinajstić information content (AvgIpc) is 2.29. The highest BCUT2D eigenvalue weighted by Gasteiger charge is 1.92. The smallest absolute Gasteiger partial charge is 0.115 e. The first-order valence-electron chi connectivity index (χ1n) is 6.11. The van der Waals surface area contributed by atoms with Crippen molar-refractivity contribution < 1.29 is 10.2 Å². The van der Waals surface area contributed by atoms with Gasteiger partial charge in [-0.15, -0.1) is 0 Å². The second kappa shape index (κ2) is 10.4. The molecule has 1 aromatic carbocycles. The number of halogens is 1. The first-order valence-corrected chi connectivity index (χ1v) is 6.49. The van der Waals surface area contributed by atoms with E-state index in [1.807, 2.05) is 0 Å². The van der Waals surface area contributed by atoms with Crippen LogP contribution in [-0.2, 0) is 0 Å². The third-order valence-electron chi connectivity index (χ3n) is 2.27. The van der Waals surface area contributed by atoms with Crippen LogP contribution < -0.4 is 0 Å². The standard InChI is InChI=1S/C8H18O.C6H5ClO/c1-8(2)6-4-3-5-7-9;7-5-1-3-6(8)4-2-5/h8-9H,3-7H2,1-2H3;1-4,8H. The van der Waals surface area contributed by atoms with Gasteiger partial charge in [0, 0.05) is 11.6 Å². The SMILES string of the molecule is CC(C)CCCCCO.Oc1ccc(Cl)cc1. The van der Waals surface area contributed by atoms with Gasteiger partial charge >= 0.3 is 0 Å². The fourth-order valence-corrected chi connectivity index (χ4v) is 1.41. The highest BCUT2D eigenvalue weighted by atomic mass is 35.5. The van der Waals surface area contributed by atoms with E-state index in [1.165, 1.54) is 19.3 Å². The maximum absolute atomic E-state index is 8.70. The molecule has 17 heavy (non-hydrogen) atoms. The van der Waals surface area contributed by atoms with Crippen molar-refractivity contribution in [1.82, 2.24) is 0 Å². The van der Waals surface area contributed by atoms with Gasteiger partial charge in [-0.3, -0.25) is 0 Å². The van der Waals surface area contributed by atoms with Crippen LogP contribution in [0.25, 0.3) is 0 Å². The van der Waals surface area contributed by atoms with Crippen LogP contribution >= 0.6 is 11.6 Å². The zero-order valence-corrected chi connectivity index (χ0v) is 11.5. The van der Waals surface area contributed by atoms with Crippen molar-refractivity contribution in [1.29, 1.82) is 0 Å². The van der Waals surface area contributed by atoms with Gasteiger partial charge in [-0.25, -0.2) is 0 Å². The number of benzene rings is 1. The maximum Gasteiger partial charge on any atom is 0.115 e. The van der Waals surface area contributed by atoms with Gasteiger partial charge in [0.25, 0.3) is 0 Å². The minimum Gasteiger partial charge on any atom is -0.508 e. The molecule has 0 unspecified atom stereocenters. The number of unbranched alkanes of at least 4 members (excludes halogenated alkanes) is 2. The van der Waals surface area contributed by atoms with Crippen molar-refractivity contribution >= 4 is 11.6 Å². The summed E-state index contributed by atoms with van der Waals surface area (Å²) in [7, 11) is 0. The maximum atomic E-state index is 8.70. The zero-order valence-electron chi connectivity index (χ0n) is 10.7. The summed E-state index contributed by atoms with van der Waals surface area (Å²) in [5.41, 5.74) is 0. The lowest BCUT2D eigenvalue weighted by Gasteiger charge is -2.01. The third kappa shape index (κ3) is 11.5. The van der Waals surface area contributed by atoms with Crippen LogP contribution in [0.5, 0.6) is 5.75 Å². The van der Waals surface area contributed by atoms with Gasteiger partial charge < -0.3 is 10.2 Å². The van der Waals surface area contributed by atoms with Crippen molar-refractivity contribution in [2.45, 2.75) is 39.5 Å². The lowest BCUT2D eigenvalue weighted by atomic mass is 10.1. The van der Waals surface area contributed by atoms with Gasteiger partial charge in [0.2, 0.25) is 0 Å². The Balaban J connectivity index is 0.000000302. The minimum absolute atomic E-state index is 0.245. The predicted molar refractivity (Wildman–Crippen MR) is 73.5 cm³/mol. The highest BCUT2D eigenvalue weighted by molar-refractivity contribution is 6.30. The fraction of sp³-hybridized carbons (Fsp3) is 0.571. The molecule has 3 heteroatoms. The van der Waals surface area contributed by atoms with Crippen LogP contribution in [0.4, 0.5) is 0 Å². The van der Waals surface area contributed by atoms with E-state index >= 15 is 0 Å². The number of aromatic hydroxyl groups is 1. The summed E-state index contributed by atoms with van der Waals surface area (Å²) in [6.07, 6.45) is 4.75. The Hall–Kier alpha value is -0.730. The minimum atomic E-state index is 0.245. The number of hydrogen-bond donors (Lipinski definition) is 2. The molecule has 2 nitrogen and oxygen atoms in total. The first-order chi connectivity index (χ1) is 8.06. The topological polar surface area (TPSA) is 40.5 Å². The Labute approximate surface area is 109 Å². The first kappa shape index (κ1) is 16.3. The summed E-state index contributed by atoms with van der Waals surface area (Å²) < 4.78 is 0. The lowest BCUT2D eigenvalue weighted by molar-refractivity contribution is 0.281. The molecular weight excluding hydrogens is 236 g/mol. The molecule has 0 amide bonds. The molecule has 0 saturated heterocycles. The van der Waals surface area contributed by atoms with Gasteiger partial charge in [0.15, 0.2) is 0 Å². The fourth-order valence-electron chi connectivity index (χ4n) is 1.28. The molecule has 0 fully saturated rings. The second-order valence-corrected chi connectivity index (χ2v) is 4.88. The van der Waals surface area contributed by atoms with Crippen molar-refractivity contribution in [3.05, 3.63) is 29.3 Å². The summed E-state index contributed by atoms with van der Waals surface area (Å²) in [5.74, 6) is 1.07. The normalized spacial score (nSPS) is 9.94. The van der Waals surface area contributed by atoms with E-state index in [1.54, 1.807) is 24.3 Å². The summed E-state index contributed by atoms with van der Waals surface area (Å²) in [6, 6.07) is 6.36. The van der Waals surface area contributed by atoms with Gasteiger partial charge in [-0.2, -0.15) is 0 Å². The summed E-state index contributed by atoms with van der Waals surface area (Å²) in [6.45, 7) is 4.83. The molecule has 0 saturated carbocycles. The number of aliphatic hydroxyl groups excluding tert-OH is 1. The van der Waals surface area contributed by atoms with E-state index in [2.05, 4.69) is 13.8 Å². The van der Waals surface area contributed by atoms with Crippen LogP contribution in [-0.4, -0.2) is 16.8 Å². The molecule has 0 aliphatic heterocycles. The molecule has 0 bridgehead atoms. The zero-order chi connectivity index (χ0) is 13.1. The van der Waals surface area contributed by atoms with Gasteiger partial charge in [-0.1, -0.05) is 44.7 Å². The van der Waals surface area contributed by atoms with Gasteiger partial charge in [0.05, 0.1) is 0 Å². The lowest BCUT2D eigenvalue weighted by Crippen LogP contribution is -1.88. The van der Waals surface area contributed by atoms with E-state index in [4.69, 9.17) is 21.8 Å². The number of phenolic OH excluding ortho intramolecular Hbond substituents is 1. The Morgan fingerprint density at radius 1 is 1.06 bits per heavy atom. The van der Waals surface area contributed by atoms with Gasteiger partial charge in [-0.05, 0) is 36.6 Å². The molecule has 0 aliphatic rings. The average molecular weight is 259 g/mol. The molecule has 0 heterocycles. The van der Waals surface area contributed by atoms with Crippen molar-refractivity contribution in [2.24, 2.45) is 5.92 Å². The Morgan fingerprint density at radius 3 is 2.06 bits per heavy atom. The Morgan fingerprint density at radius 2 is 1.65 bits per heavy atom. The number of hydrogen-bond acceptors (Lipinski definition) is 2. The molecule has 1 rings (SSSR count). The van der Waals surface area contributed by atoms with E-state index in [-0.39, 0.29) is 5.75 Å². The molecule has 0 aromatic heterocycles. The number of aliphatic hydroxyl groups is 1. The van der Waals surface area contributed by atoms with Crippen LogP contribution in [0.1, 0.15) is 39.5 Å². The highest BCUT2D eigenvalue weighted by Crippen LogP contribution is 2.12. The van der Waals surface area contributed by atoms with Crippen molar-refractivity contribution in [3.8, 4) is 5.75 Å². The van der Waals surface area contributed by atoms with E-state index in [0.717, 1.165) is 12.3 Å². The van der Waals surface area contributed by atoms with Crippen LogP contribution in [0.15, 0.2) is 24.3 Å². The summed E-state index contributed by atoms with van der Waals surface area (Å²) >= 11 is 5.50. The molecular formula is C14H23ClO2. The quantitative estimate of drug-likeness (QED) is 0.776. The molecule has 0 atom stereocenters. The number of phenols is 1. The summed E-state index contributed by atoms with van der Waals surface area (Å²) in [4.78, 5) is 0. The molecule has 0 radical (unpaired) electrons. The largest absolute Gasteiger partial charge is 0.508 e. The van der Waals surface area contributed by atoms with Crippen LogP contribution in [0.3, 0.4) is 0 Å². The number of rotatable bonds is 5.